The molecule has 1 aliphatic heterocycles. The molecule has 0 aromatic heterocycles. The second kappa shape index (κ2) is 7.48. The van der Waals surface area contributed by atoms with Crippen molar-refractivity contribution in [3.63, 3.8) is 0 Å². The fourth-order valence-electron chi connectivity index (χ4n) is 3.11. The van der Waals surface area contributed by atoms with Crippen molar-refractivity contribution >= 4 is 11.6 Å². The van der Waals surface area contributed by atoms with Crippen LogP contribution < -0.4 is 10.1 Å². The van der Waals surface area contributed by atoms with Gasteiger partial charge in [-0.25, -0.2) is 0 Å². The molecule has 3 nitrogen and oxygen atoms in total. The minimum Gasteiger partial charge on any atom is -0.492 e. The van der Waals surface area contributed by atoms with E-state index in [0.717, 1.165) is 35.9 Å². The van der Waals surface area contributed by atoms with E-state index < -0.39 is 0 Å². The average molecular weight is 309 g/mol. The van der Waals surface area contributed by atoms with Gasteiger partial charge in [0.25, 0.3) is 0 Å². The third-order valence-electron chi connectivity index (χ3n) is 4.40. The van der Waals surface area contributed by atoms with Crippen molar-refractivity contribution < 1.29 is 4.74 Å². The Morgan fingerprint density at radius 2 is 2.19 bits per heavy atom. The lowest BCUT2D eigenvalue weighted by Crippen LogP contribution is -2.40. The van der Waals surface area contributed by atoms with Crippen LogP contribution in [0.3, 0.4) is 0 Å². The topological polar surface area (TPSA) is 24.5 Å². The molecule has 1 heterocycles. The van der Waals surface area contributed by atoms with Crippen LogP contribution in [0.5, 0.6) is 5.75 Å². The highest BCUT2D eigenvalue weighted by Crippen LogP contribution is 2.28. The summed E-state index contributed by atoms with van der Waals surface area (Å²) in [7, 11) is 0. The quantitative estimate of drug-likeness (QED) is 0.837. The number of nitrogens with zero attached hydrogens (tertiary/aromatic N) is 1. The lowest BCUT2D eigenvalue weighted by Gasteiger charge is -2.30. The van der Waals surface area contributed by atoms with E-state index in [1.165, 1.54) is 45.3 Å². The van der Waals surface area contributed by atoms with Crippen LogP contribution in [0.2, 0.25) is 5.02 Å². The molecule has 1 N–H and O–H groups in total. The van der Waals surface area contributed by atoms with Crippen molar-refractivity contribution in [1.29, 1.82) is 0 Å². The van der Waals surface area contributed by atoms with E-state index in [-0.39, 0.29) is 0 Å². The van der Waals surface area contributed by atoms with Crippen LogP contribution in [0.15, 0.2) is 24.3 Å². The van der Waals surface area contributed by atoms with Crippen LogP contribution in [-0.4, -0.2) is 43.7 Å². The number of hydrogen-bond acceptors (Lipinski definition) is 3. The largest absolute Gasteiger partial charge is 0.492 e. The van der Waals surface area contributed by atoms with Gasteiger partial charge in [-0.1, -0.05) is 17.7 Å². The van der Waals surface area contributed by atoms with Gasteiger partial charge in [0.1, 0.15) is 12.4 Å². The minimum absolute atomic E-state index is 0.736. The lowest BCUT2D eigenvalue weighted by molar-refractivity contribution is 0.166. The minimum atomic E-state index is 0.736. The van der Waals surface area contributed by atoms with Crippen LogP contribution in [0.25, 0.3) is 0 Å². The van der Waals surface area contributed by atoms with Crippen molar-refractivity contribution in [3.8, 4) is 5.75 Å². The van der Waals surface area contributed by atoms with Gasteiger partial charge in [-0.05, 0) is 62.9 Å². The predicted octanol–water partition coefficient (Wildman–Crippen LogP) is 3.18. The number of ether oxygens (including phenoxy) is 1. The van der Waals surface area contributed by atoms with E-state index in [1.807, 2.05) is 24.3 Å². The number of halogens is 1. The highest BCUT2D eigenvalue weighted by molar-refractivity contribution is 6.30. The first kappa shape index (κ1) is 15.1. The van der Waals surface area contributed by atoms with Crippen LogP contribution in [0, 0.1) is 5.92 Å². The van der Waals surface area contributed by atoms with E-state index in [2.05, 4.69) is 10.2 Å². The monoisotopic (exact) mass is 308 g/mol. The van der Waals surface area contributed by atoms with E-state index in [4.69, 9.17) is 16.3 Å². The van der Waals surface area contributed by atoms with Crippen molar-refractivity contribution in [2.75, 3.05) is 32.8 Å². The first-order valence-electron chi connectivity index (χ1n) is 8.14. The summed E-state index contributed by atoms with van der Waals surface area (Å²) < 4.78 is 5.84. The molecule has 0 radical (unpaired) electrons. The predicted molar refractivity (Wildman–Crippen MR) is 87.1 cm³/mol. The molecule has 3 rings (SSSR count). The smallest absolute Gasteiger partial charge is 0.120 e. The molecule has 1 atom stereocenters. The van der Waals surface area contributed by atoms with E-state index in [1.54, 1.807) is 0 Å². The zero-order chi connectivity index (χ0) is 14.5. The fourth-order valence-corrected chi connectivity index (χ4v) is 3.29. The Kier molecular flexibility index (Phi) is 5.39. The number of hydrogen-bond donors (Lipinski definition) is 1. The Bertz CT molecular complexity index is 444. The SMILES string of the molecule is Clc1cccc(OCCN(CC2CCCNC2)C2CC2)c1. The molecule has 0 spiro atoms. The Hall–Kier alpha value is -0.770. The van der Waals surface area contributed by atoms with E-state index in [0.29, 0.717) is 0 Å². The Morgan fingerprint density at radius 1 is 1.29 bits per heavy atom. The summed E-state index contributed by atoms with van der Waals surface area (Å²) in [6.07, 6.45) is 5.40. The molecule has 1 saturated heterocycles. The van der Waals surface area contributed by atoms with Crippen LogP contribution in [0.1, 0.15) is 25.7 Å². The molecule has 21 heavy (non-hydrogen) atoms. The lowest BCUT2D eigenvalue weighted by atomic mass is 9.99. The maximum absolute atomic E-state index is 5.98. The first-order valence-corrected chi connectivity index (χ1v) is 8.52. The summed E-state index contributed by atoms with van der Waals surface area (Å²) in [5.74, 6) is 1.68. The van der Waals surface area contributed by atoms with Gasteiger partial charge >= 0.3 is 0 Å². The van der Waals surface area contributed by atoms with Crippen molar-refractivity contribution in [1.82, 2.24) is 10.2 Å². The Balaban J connectivity index is 1.44. The highest BCUT2D eigenvalue weighted by atomic mass is 35.5. The van der Waals surface area contributed by atoms with Gasteiger partial charge in [0.2, 0.25) is 0 Å². The Labute approximate surface area is 132 Å². The highest BCUT2D eigenvalue weighted by Gasteiger charge is 2.30. The molecule has 1 saturated carbocycles. The molecule has 1 aliphatic carbocycles. The van der Waals surface area contributed by atoms with Gasteiger partial charge in [-0.2, -0.15) is 0 Å². The van der Waals surface area contributed by atoms with Gasteiger partial charge in [-0.15, -0.1) is 0 Å². The zero-order valence-electron chi connectivity index (χ0n) is 12.6. The van der Waals surface area contributed by atoms with Gasteiger partial charge in [0.15, 0.2) is 0 Å². The van der Waals surface area contributed by atoms with Crippen molar-refractivity contribution in [2.24, 2.45) is 5.92 Å². The summed E-state index contributed by atoms with van der Waals surface area (Å²) >= 11 is 5.98. The molecule has 1 unspecified atom stereocenters. The second-order valence-electron chi connectivity index (χ2n) is 6.24. The molecule has 0 bridgehead atoms. The maximum Gasteiger partial charge on any atom is 0.120 e. The number of piperidine rings is 1. The molecule has 2 fully saturated rings. The maximum atomic E-state index is 5.98. The molecular weight excluding hydrogens is 284 g/mol. The van der Waals surface area contributed by atoms with Gasteiger partial charge < -0.3 is 10.1 Å². The number of benzene rings is 1. The molecule has 2 aliphatic rings. The van der Waals surface area contributed by atoms with Gasteiger partial charge in [0, 0.05) is 24.2 Å². The second-order valence-corrected chi connectivity index (χ2v) is 6.68. The number of nitrogens with one attached hydrogen (secondary N) is 1. The van der Waals surface area contributed by atoms with Gasteiger partial charge in [0.05, 0.1) is 0 Å². The summed E-state index contributed by atoms with van der Waals surface area (Å²) in [5, 5.41) is 4.25. The molecule has 4 heteroatoms. The normalized spacial score (nSPS) is 22.5. The fraction of sp³-hybridized carbons (Fsp3) is 0.647. The van der Waals surface area contributed by atoms with Crippen LogP contribution >= 0.6 is 11.6 Å². The third-order valence-corrected chi connectivity index (χ3v) is 4.63. The van der Waals surface area contributed by atoms with Crippen LogP contribution in [0.4, 0.5) is 0 Å². The van der Waals surface area contributed by atoms with E-state index in [9.17, 15) is 0 Å². The van der Waals surface area contributed by atoms with Crippen molar-refractivity contribution in [3.05, 3.63) is 29.3 Å². The van der Waals surface area contributed by atoms with Crippen LogP contribution in [-0.2, 0) is 0 Å². The molecular formula is C17H25ClN2O. The molecule has 0 amide bonds. The summed E-state index contributed by atoms with van der Waals surface area (Å²) in [4.78, 5) is 2.63. The summed E-state index contributed by atoms with van der Waals surface area (Å²) in [6.45, 7) is 5.36. The first-order chi connectivity index (χ1) is 10.3. The summed E-state index contributed by atoms with van der Waals surface area (Å²) in [6, 6.07) is 8.46. The summed E-state index contributed by atoms with van der Waals surface area (Å²) in [5.41, 5.74) is 0. The molecule has 116 valence electrons. The van der Waals surface area contributed by atoms with Crippen molar-refractivity contribution in [2.45, 2.75) is 31.7 Å². The molecule has 1 aromatic rings. The zero-order valence-corrected chi connectivity index (χ0v) is 13.3. The average Bonchev–Trinajstić information content (AvgIpc) is 3.32. The van der Waals surface area contributed by atoms with Gasteiger partial charge in [-0.3, -0.25) is 4.90 Å². The third kappa shape index (κ3) is 4.87. The standard InChI is InChI=1S/C17H25ClN2O/c18-15-4-1-5-17(11-15)21-10-9-20(16-6-7-16)13-14-3-2-8-19-12-14/h1,4-5,11,14,16,19H,2-3,6-10,12-13H2. The van der Waals surface area contributed by atoms with E-state index >= 15 is 0 Å². The number of rotatable bonds is 7. The Morgan fingerprint density at radius 3 is 2.90 bits per heavy atom. The molecule has 1 aromatic carbocycles.